The molecule has 0 aliphatic carbocycles. The van der Waals surface area contributed by atoms with E-state index in [1.54, 1.807) is 0 Å². The standard InChI is InChI=1S/C17H20BrNO/c1-3-13-5-4-6-15(10-13)20-17-8-7-14(9-12(2)19)11-16(17)18/h4-8,10-12H,3,9,19H2,1-2H3. The van der Waals surface area contributed by atoms with Crippen molar-refractivity contribution in [1.29, 1.82) is 0 Å². The van der Waals surface area contributed by atoms with Gasteiger partial charge in [-0.05, 0) is 71.1 Å². The fourth-order valence-electron chi connectivity index (χ4n) is 2.08. The first kappa shape index (κ1) is 15.1. The Morgan fingerprint density at radius 3 is 2.60 bits per heavy atom. The van der Waals surface area contributed by atoms with Gasteiger partial charge in [-0.1, -0.05) is 25.1 Å². The quantitative estimate of drug-likeness (QED) is 0.861. The molecule has 2 nitrogen and oxygen atoms in total. The van der Waals surface area contributed by atoms with Gasteiger partial charge in [-0.25, -0.2) is 0 Å². The Hall–Kier alpha value is -1.32. The van der Waals surface area contributed by atoms with Crippen LogP contribution in [0.2, 0.25) is 0 Å². The van der Waals surface area contributed by atoms with Gasteiger partial charge in [-0.3, -0.25) is 0 Å². The van der Waals surface area contributed by atoms with Gasteiger partial charge < -0.3 is 10.5 Å². The third-order valence-electron chi connectivity index (χ3n) is 3.09. The molecule has 106 valence electrons. The van der Waals surface area contributed by atoms with Crippen LogP contribution in [0.15, 0.2) is 46.9 Å². The second kappa shape index (κ2) is 6.91. The van der Waals surface area contributed by atoms with E-state index in [0.29, 0.717) is 0 Å². The summed E-state index contributed by atoms with van der Waals surface area (Å²) in [7, 11) is 0. The second-order valence-electron chi connectivity index (χ2n) is 5.05. The number of hydrogen-bond donors (Lipinski definition) is 1. The summed E-state index contributed by atoms with van der Waals surface area (Å²) in [5, 5.41) is 0. The molecule has 3 heteroatoms. The highest BCUT2D eigenvalue weighted by Crippen LogP contribution is 2.31. The number of aryl methyl sites for hydroxylation is 1. The average Bonchev–Trinajstić information content (AvgIpc) is 2.41. The number of halogens is 1. The van der Waals surface area contributed by atoms with Gasteiger partial charge in [0.2, 0.25) is 0 Å². The second-order valence-corrected chi connectivity index (χ2v) is 5.90. The van der Waals surface area contributed by atoms with E-state index in [2.05, 4.69) is 47.1 Å². The maximum Gasteiger partial charge on any atom is 0.141 e. The van der Waals surface area contributed by atoms with E-state index in [0.717, 1.165) is 28.8 Å². The molecule has 1 atom stereocenters. The molecule has 0 aliphatic rings. The van der Waals surface area contributed by atoms with Crippen LogP contribution in [0.1, 0.15) is 25.0 Å². The van der Waals surface area contributed by atoms with E-state index in [1.807, 2.05) is 25.1 Å². The van der Waals surface area contributed by atoms with Crippen LogP contribution >= 0.6 is 15.9 Å². The zero-order valence-corrected chi connectivity index (χ0v) is 13.5. The molecule has 2 rings (SSSR count). The molecule has 20 heavy (non-hydrogen) atoms. The van der Waals surface area contributed by atoms with Gasteiger partial charge in [0.15, 0.2) is 0 Å². The topological polar surface area (TPSA) is 35.2 Å². The fourth-order valence-corrected chi connectivity index (χ4v) is 2.59. The van der Waals surface area contributed by atoms with Crippen molar-refractivity contribution in [3.63, 3.8) is 0 Å². The predicted molar refractivity (Wildman–Crippen MR) is 87.4 cm³/mol. The van der Waals surface area contributed by atoms with Crippen LogP contribution in [0.25, 0.3) is 0 Å². The molecule has 0 bridgehead atoms. The molecule has 0 fully saturated rings. The highest BCUT2D eigenvalue weighted by atomic mass is 79.9. The number of rotatable bonds is 5. The molecule has 0 spiro atoms. The average molecular weight is 334 g/mol. The normalized spacial score (nSPS) is 12.2. The number of nitrogens with two attached hydrogens (primary N) is 1. The Morgan fingerprint density at radius 1 is 1.15 bits per heavy atom. The number of benzene rings is 2. The lowest BCUT2D eigenvalue weighted by Crippen LogP contribution is -2.17. The molecule has 0 saturated carbocycles. The molecule has 0 radical (unpaired) electrons. The molecule has 0 aliphatic heterocycles. The Kier molecular flexibility index (Phi) is 5.21. The minimum Gasteiger partial charge on any atom is -0.456 e. The van der Waals surface area contributed by atoms with Crippen molar-refractivity contribution in [1.82, 2.24) is 0 Å². The van der Waals surface area contributed by atoms with Gasteiger partial charge in [0.05, 0.1) is 4.47 Å². The Morgan fingerprint density at radius 2 is 1.95 bits per heavy atom. The highest BCUT2D eigenvalue weighted by Gasteiger charge is 2.06. The summed E-state index contributed by atoms with van der Waals surface area (Å²) in [5.41, 5.74) is 8.30. The van der Waals surface area contributed by atoms with Gasteiger partial charge in [-0.2, -0.15) is 0 Å². The smallest absolute Gasteiger partial charge is 0.141 e. The predicted octanol–water partition coefficient (Wildman–Crippen LogP) is 4.69. The molecule has 0 amide bonds. The van der Waals surface area contributed by atoms with Crippen molar-refractivity contribution in [3.8, 4) is 11.5 Å². The van der Waals surface area contributed by atoms with Crippen LogP contribution in [0.4, 0.5) is 0 Å². The maximum atomic E-state index is 5.93. The molecular weight excluding hydrogens is 314 g/mol. The van der Waals surface area contributed by atoms with Crippen molar-refractivity contribution in [2.24, 2.45) is 5.73 Å². The minimum absolute atomic E-state index is 0.162. The van der Waals surface area contributed by atoms with Gasteiger partial charge in [0, 0.05) is 6.04 Å². The Balaban J connectivity index is 2.16. The summed E-state index contributed by atoms with van der Waals surface area (Å²) >= 11 is 3.56. The van der Waals surface area contributed by atoms with Gasteiger partial charge >= 0.3 is 0 Å². The van der Waals surface area contributed by atoms with Crippen molar-refractivity contribution >= 4 is 15.9 Å². The van der Waals surface area contributed by atoms with Crippen LogP contribution in [0.3, 0.4) is 0 Å². The number of hydrogen-bond acceptors (Lipinski definition) is 2. The SMILES string of the molecule is CCc1cccc(Oc2ccc(CC(C)N)cc2Br)c1. The molecule has 0 heterocycles. The first-order valence-corrected chi connectivity index (χ1v) is 7.68. The van der Waals surface area contributed by atoms with Crippen LogP contribution in [-0.2, 0) is 12.8 Å². The first-order chi connectivity index (χ1) is 9.58. The molecule has 0 saturated heterocycles. The third-order valence-corrected chi connectivity index (χ3v) is 3.71. The number of ether oxygens (including phenoxy) is 1. The summed E-state index contributed by atoms with van der Waals surface area (Å²) in [6.45, 7) is 4.15. The zero-order chi connectivity index (χ0) is 14.5. The zero-order valence-electron chi connectivity index (χ0n) is 11.9. The van der Waals surface area contributed by atoms with Crippen molar-refractivity contribution in [3.05, 3.63) is 58.1 Å². The van der Waals surface area contributed by atoms with E-state index >= 15 is 0 Å². The van der Waals surface area contributed by atoms with Gasteiger partial charge in [0.25, 0.3) is 0 Å². The molecule has 0 aromatic heterocycles. The highest BCUT2D eigenvalue weighted by molar-refractivity contribution is 9.10. The summed E-state index contributed by atoms with van der Waals surface area (Å²) in [4.78, 5) is 0. The summed E-state index contributed by atoms with van der Waals surface area (Å²) in [6.07, 6.45) is 1.87. The van der Waals surface area contributed by atoms with Crippen molar-refractivity contribution in [2.75, 3.05) is 0 Å². The molecule has 1 unspecified atom stereocenters. The van der Waals surface area contributed by atoms with Gasteiger partial charge in [-0.15, -0.1) is 0 Å². The van der Waals surface area contributed by atoms with Crippen LogP contribution in [0, 0.1) is 0 Å². The molecule has 2 N–H and O–H groups in total. The van der Waals surface area contributed by atoms with Crippen LogP contribution < -0.4 is 10.5 Å². The first-order valence-electron chi connectivity index (χ1n) is 6.89. The lowest BCUT2D eigenvalue weighted by atomic mass is 10.1. The van der Waals surface area contributed by atoms with E-state index in [-0.39, 0.29) is 6.04 Å². The van der Waals surface area contributed by atoms with Crippen molar-refractivity contribution < 1.29 is 4.74 Å². The van der Waals surface area contributed by atoms with Crippen molar-refractivity contribution in [2.45, 2.75) is 32.7 Å². The van der Waals surface area contributed by atoms with E-state index in [1.165, 1.54) is 11.1 Å². The molecular formula is C17H20BrNO. The Labute approximate surface area is 129 Å². The van der Waals surface area contributed by atoms with E-state index < -0.39 is 0 Å². The van der Waals surface area contributed by atoms with Gasteiger partial charge in [0.1, 0.15) is 11.5 Å². The molecule has 2 aromatic rings. The lowest BCUT2D eigenvalue weighted by molar-refractivity contribution is 0.478. The van der Waals surface area contributed by atoms with E-state index in [4.69, 9.17) is 10.5 Å². The fraction of sp³-hybridized carbons (Fsp3) is 0.294. The van der Waals surface area contributed by atoms with E-state index in [9.17, 15) is 0 Å². The monoisotopic (exact) mass is 333 g/mol. The summed E-state index contributed by atoms with van der Waals surface area (Å²) in [5.74, 6) is 1.69. The maximum absolute atomic E-state index is 5.93. The third kappa shape index (κ3) is 4.09. The van der Waals surface area contributed by atoms with Crippen LogP contribution in [-0.4, -0.2) is 6.04 Å². The Bertz CT molecular complexity index is 581. The largest absolute Gasteiger partial charge is 0.456 e. The summed E-state index contributed by atoms with van der Waals surface area (Å²) in [6, 6.07) is 14.5. The minimum atomic E-state index is 0.162. The lowest BCUT2D eigenvalue weighted by Gasteiger charge is -2.11. The summed E-state index contributed by atoms with van der Waals surface area (Å²) < 4.78 is 6.89. The van der Waals surface area contributed by atoms with Crippen LogP contribution in [0.5, 0.6) is 11.5 Å². The molecule has 2 aromatic carbocycles.